The molecular weight excluding hydrogens is 801 g/mol. The third kappa shape index (κ3) is 8.08. The Balaban J connectivity index is 0.977. The lowest BCUT2D eigenvalue weighted by atomic mass is 10.0. The Bertz CT molecular complexity index is 2500. The molecule has 0 radical (unpaired) electrons. The van der Waals surface area contributed by atoms with Gasteiger partial charge in [0.05, 0.1) is 28.0 Å². The number of ether oxygens (including phenoxy) is 1. The fourth-order valence-electron chi connectivity index (χ4n) is 8.77. The lowest BCUT2D eigenvalue weighted by Crippen LogP contribution is -2.40. The molecule has 7 heterocycles. The minimum absolute atomic E-state index is 0.103. The highest BCUT2D eigenvalue weighted by Crippen LogP contribution is 2.40. The molecule has 5 aromatic rings. The Morgan fingerprint density at radius 3 is 2.25 bits per heavy atom. The molecule has 3 saturated heterocycles. The maximum absolute atomic E-state index is 14.1. The van der Waals surface area contributed by atoms with Gasteiger partial charge in [0.25, 0.3) is 16.6 Å². The molecule has 60 heavy (non-hydrogen) atoms. The highest BCUT2D eigenvalue weighted by Gasteiger charge is 2.45. The number of fused-ring (bicyclic) bond motifs is 3. The first-order valence-electron chi connectivity index (χ1n) is 20.6. The fourth-order valence-corrected chi connectivity index (χ4v) is 10.9. The molecule has 0 spiro atoms. The molecule has 3 fully saturated rings. The SMILES string of the molecule is Cc1nnc2sc(C(=O)N3CC4CN(C(=O)OC(C)(C)C)CC4C3)c(N)c2c1C[n+]1nc(C)c(C)c2c(N)c(C(=O)NC3CCN(C(=O)CCCc4ccccc4)C3)sc21. The van der Waals surface area contributed by atoms with Crippen LogP contribution in [-0.4, -0.2) is 105 Å². The van der Waals surface area contributed by atoms with Crippen LogP contribution in [0, 0.1) is 32.6 Å². The number of anilines is 2. The maximum Gasteiger partial charge on any atom is 0.410 e. The van der Waals surface area contributed by atoms with Crippen molar-refractivity contribution in [2.24, 2.45) is 11.8 Å². The monoisotopic (exact) mass is 853 g/mol. The highest BCUT2D eigenvalue weighted by atomic mass is 32.1. The van der Waals surface area contributed by atoms with Crippen LogP contribution >= 0.6 is 22.7 Å². The number of aryl methyl sites for hydroxylation is 4. The van der Waals surface area contributed by atoms with Gasteiger partial charge in [-0.3, -0.25) is 14.4 Å². The van der Waals surface area contributed by atoms with Crippen molar-refractivity contribution >= 4 is 78.3 Å². The van der Waals surface area contributed by atoms with Crippen LogP contribution in [0.15, 0.2) is 30.3 Å². The van der Waals surface area contributed by atoms with Crippen LogP contribution in [0.1, 0.15) is 87.5 Å². The molecule has 3 atom stereocenters. The smallest absolute Gasteiger partial charge is 0.410 e. The molecule has 1 aromatic carbocycles. The number of nitrogen functional groups attached to an aromatic ring is 2. The van der Waals surface area contributed by atoms with Crippen molar-refractivity contribution in [2.45, 2.75) is 85.4 Å². The molecule has 3 aliphatic rings. The molecule has 8 rings (SSSR count). The van der Waals surface area contributed by atoms with Crippen molar-refractivity contribution in [2.75, 3.05) is 50.7 Å². The zero-order valence-corrected chi connectivity index (χ0v) is 36.7. The van der Waals surface area contributed by atoms with Gasteiger partial charge in [0.2, 0.25) is 12.5 Å². The number of hydrogen-bond acceptors (Lipinski definition) is 12. The summed E-state index contributed by atoms with van der Waals surface area (Å²) < 4.78 is 7.42. The van der Waals surface area contributed by atoms with E-state index in [0.29, 0.717) is 89.1 Å². The van der Waals surface area contributed by atoms with Gasteiger partial charge in [0.15, 0.2) is 0 Å². The second-order valence-electron chi connectivity index (χ2n) is 17.4. The van der Waals surface area contributed by atoms with Crippen LogP contribution in [0.3, 0.4) is 0 Å². The summed E-state index contributed by atoms with van der Waals surface area (Å²) in [6.45, 7) is 14.7. The summed E-state index contributed by atoms with van der Waals surface area (Å²) in [6.07, 6.45) is 2.44. The number of nitrogens with zero attached hydrogens (tertiary/aromatic N) is 7. The molecule has 0 saturated carbocycles. The standard InChI is InChI=1S/C43H52N10O5S2/c1-23-24(2)49-53(41-32(23)34(44)36(60-41)38(55)46-29-15-16-50(21-29)31(54)14-10-13-26-11-8-7-9-12-26)22-30-25(3)47-48-39-33(30)35(45)37(59-39)40(56)51-17-27-19-52(20-28(27)18-51)42(57)58-43(4,5)6/h7-9,11-12,27-29H,10,13-22H2,1-6H3,(H4-,44,45,46,55,56)/p+1. The second-order valence-corrected chi connectivity index (χ2v) is 19.4. The lowest BCUT2D eigenvalue weighted by molar-refractivity contribution is -0.720. The summed E-state index contributed by atoms with van der Waals surface area (Å²) in [5.74, 6) is -0.0136. The number of hydrogen-bond donors (Lipinski definition) is 3. The van der Waals surface area contributed by atoms with Gasteiger partial charge < -0.3 is 36.2 Å². The molecule has 17 heteroatoms. The molecule has 4 aromatic heterocycles. The molecule has 3 unspecified atom stereocenters. The predicted molar refractivity (Wildman–Crippen MR) is 232 cm³/mol. The first-order chi connectivity index (χ1) is 28.6. The minimum atomic E-state index is -0.573. The largest absolute Gasteiger partial charge is 0.444 e. The van der Waals surface area contributed by atoms with E-state index in [-0.39, 0.29) is 48.2 Å². The topological polar surface area (TPSA) is 194 Å². The number of rotatable bonds is 9. The number of carbonyl (C=O) groups excluding carboxylic acids is 4. The highest BCUT2D eigenvalue weighted by molar-refractivity contribution is 7.21. The number of benzene rings is 1. The number of aromatic nitrogens is 4. The van der Waals surface area contributed by atoms with E-state index in [4.69, 9.17) is 21.3 Å². The van der Waals surface area contributed by atoms with Gasteiger partial charge in [-0.05, 0) is 77.0 Å². The molecule has 4 amide bonds. The zero-order valence-electron chi connectivity index (χ0n) is 35.0. The predicted octanol–water partition coefficient (Wildman–Crippen LogP) is 5.02. The van der Waals surface area contributed by atoms with Gasteiger partial charge in [-0.1, -0.05) is 46.4 Å². The van der Waals surface area contributed by atoms with E-state index in [0.717, 1.165) is 39.9 Å². The number of amides is 4. The molecule has 0 bridgehead atoms. The normalized spacial score (nSPS) is 19.1. The molecular formula is C43H53N10O5S2+. The van der Waals surface area contributed by atoms with Crippen molar-refractivity contribution in [3.63, 3.8) is 0 Å². The van der Waals surface area contributed by atoms with E-state index in [1.54, 1.807) is 4.90 Å². The van der Waals surface area contributed by atoms with E-state index in [2.05, 4.69) is 27.6 Å². The lowest BCUT2D eigenvalue weighted by Gasteiger charge is -2.26. The van der Waals surface area contributed by atoms with Gasteiger partial charge in [0, 0.05) is 69.0 Å². The summed E-state index contributed by atoms with van der Waals surface area (Å²) in [5, 5.41) is 18.4. The quantitative estimate of drug-likeness (QED) is 0.170. The maximum atomic E-state index is 14.1. The Morgan fingerprint density at radius 1 is 0.867 bits per heavy atom. The molecule has 316 valence electrons. The van der Waals surface area contributed by atoms with Crippen LogP contribution in [0.2, 0.25) is 0 Å². The van der Waals surface area contributed by atoms with Crippen LogP contribution in [0.25, 0.3) is 20.4 Å². The van der Waals surface area contributed by atoms with Gasteiger partial charge >= 0.3 is 6.09 Å². The molecule has 15 nitrogen and oxygen atoms in total. The zero-order chi connectivity index (χ0) is 42.6. The average Bonchev–Trinajstić information content (AvgIpc) is 4.03. The summed E-state index contributed by atoms with van der Waals surface area (Å²) in [7, 11) is 0. The average molecular weight is 854 g/mol. The van der Waals surface area contributed by atoms with Crippen molar-refractivity contribution in [1.29, 1.82) is 0 Å². The van der Waals surface area contributed by atoms with Gasteiger partial charge in [-0.15, -0.1) is 16.4 Å². The third-order valence-corrected chi connectivity index (χ3v) is 14.3. The van der Waals surface area contributed by atoms with Crippen LogP contribution in [0.4, 0.5) is 16.2 Å². The van der Waals surface area contributed by atoms with Crippen molar-refractivity contribution in [3.05, 3.63) is 68.2 Å². The minimum Gasteiger partial charge on any atom is -0.444 e. The Morgan fingerprint density at radius 2 is 1.55 bits per heavy atom. The number of thiophene rings is 2. The van der Waals surface area contributed by atoms with Gasteiger partial charge in [-0.25, -0.2) is 4.79 Å². The summed E-state index contributed by atoms with van der Waals surface area (Å²) >= 11 is 2.51. The summed E-state index contributed by atoms with van der Waals surface area (Å²) in [6, 6.07) is 9.97. The van der Waals surface area contributed by atoms with Crippen LogP contribution < -0.4 is 21.5 Å². The number of nitrogens with two attached hydrogens (primary N) is 2. The van der Waals surface area contributed by atoms with E-state index < -0.39 is 5.60 Å². The van der Waals surface area contributed by atoms with E-state index >= 15 is 0 Å². The second kappa shape index (κ2) is 16.2. The van der Waals surface area contributed by atoms with E-state index in [1.807, 2.05) is 74.2 Å². The van der Waals surface area contributed by atoms with Crippen LogP contribution in [0.5, 0.6) is 0 Å². The van der Waals surface area contributed by atoms with Gasteiger partial charge in [-0.2, -0.15) is 5.10 Å². The molecule has 5 N–H and O–H groups in total. The third-order valence-electron chi connectivity index (χ3n) is 12.0. The number of nitrogens with one attached hydrogen (secondary N) is 1. The summed E-state index contributed by atoms with van der Waals surface area (Å²) in [5.41, 5.74) is 18.1. The van der Waals surface area contributed by atoms with Crippen molar-refractivity contribution in [1.82, 2.24) is 35.3 Å². The Hall–Kier alpha value is -5.42. The van der Waals surface area contributed by atoms with E-state index in [9.17, 15) is 19.2 Å². The van der Waals surface area contributed by atoms with Crippen LogP contribution in [-0.2, 0) is 22.5 Å². The van der Waals surface area contributed by atoms with E-state index in [1.165, 1.54) is 28.2 Å². The Kier molecular flexibility index (Phi) is 11.2. The Labute approximate surface area is 357 Å². The first-order valence-corrected chi connectivity index (χ1v) is 22.2. The summed E-state index contributed by atoms with van der Waals surface area (Å²) in [4.78, 5) is 61.2. The molecule has 0 aliphatic carbocycles. The van der Waals surface area contributed by atoms with Crippen molar-refractivity contribution < 1.29 is 28.6 Å². The first kappa shape index (κ1) is 41.3. The molecule has 3 aliphatic heterocycles. The van der Waals surface area contributed by atoms with Gasteiger partial charge in [0.1, 0.15) is 25.9 Å². The fraction of sp³-hybridized carbons (Fsp3) is 0.488. The number of carbonyl (C=O) groups is 4. The number of likely N-dealkylation sites (tertiary alicyclic amines) is 3. The van der Waals surface area contributed by atoms with Crippen molar-refractivity contribution in [3.8, 4) is 0 Å².